The van der Waals surface area contributed by atoms with Gasteiger partial charge in [-0.15, -0.1) is 5.10 Å². The summed E-state index contributed by atoms with van der Waals surface area (Å²) in [4.78, 5) is 0. The number of benzene rings is 3. The minimum absolute atomic E-state index is 0.352. The molecular weight excluding hydrogens is 324 g/mol. The van der Waals surface area contributed by atoms with Crippen LogP contribution in [0.2, 0.25) is 0 Å². The molecule has 26 heavy (non-hydrogen) atoms. The topological polar surface area (TPSA) is 74.6 Å². The Balaban J connectivity index is 1.67. The van der Waals surface area contributed by atoms with Gasteiger partial charge in [-0.05, 0) is 23.8 Å². The number of nitriles is 1. The van der Waals surface area contributed by atoms with Crippen LogP contribution in [-0.4, -0.2) is 15.4 Å². The van der Waals surface area contributed by atoms with Crippen molar-refractivity contribution >= 4 is 0 Å². The van der Waals surface area contributed by atoms with Gasteiger partial charge in [-0.2, -0.15) is 5.26 Å². The van der Waals surface area contributed by atoms with Crippen LogP contribution in [0.4, 0.5) is 0 Å². The molecule has 4 aromatic rings. The smallest absolute Gasteiger partial charge is 0.163 e. The van der Waals surface area contributed by atoms with Crippen molar-refractivity contribution in [1.82, 2.24) is 15.4 Å². The molecule has 5 nitrogen and oxygen atoms in total. The summed E-state index contributed by atoms with van der Waals surface area (Å²) in [5, 5.41) is 19.4. The third-order valence-corrected chi connectivity index (χ3v) is 3.99. The lowest BCUT2D eigenvalue weighted by Crippen LogP contribution is -1.88. The predicted molar refractivity (Wildman–Crippen MR) is 98.5 cm³/mol. The summed E-state index contributed by atoms with van der Waals surface area (Å²) in [5.74, 6) is 1.57. The van der Waals surface area contributed by atoms with Crippen LogP contribution < -0.4 is 4.74 Å². The zero-order valence-electron chi connectivity index (χ0n) is 13.8. The fourth-order valence-electron chi connectivity index (χ4n) is 2.73. The molecule has 0 unspecified atom stereocenters. The second-order valence-electron chi connectivity index (χ2n) is 5.64. The quantitative estimate of drug-likeness (QED) is 0.580. The molecule has 0 atom stereocenters. The maximum absolute atomic E-state index is 9.10. The fourth-order valence-corrected chi connectivity index (χ4v) is 2.73. The number of nitrogens with one attached hydrogen (secondary N) is 1. The standard InChI is InChI=1S/C21H14N4O/c22-14-19-21(24-25-23-19)16-12-10-15(11-13-16)18-8-4-5-9-20(18)26-17-6-2-1-3-7-17/h1-13H,(H,23,24,25). The zero-order valence-corrected chi connectivity index (χ0v) is 13.8. The van der Waals surface area contributed by atoms with Gasteiger partial charge in [-0.1, -0.05) is 65.9 Å². The Morgan fingerprint density at radius 2 is 1.50 bits per heavy atom. The van der Waals surface area contributed by atoms with Gasteiger partial charge in [0.1, 0.15) is 23.3 Å². The van der Waals surface area contributed by atoms with Gasteiger partial charge in [0, 0.05) is 11.1 Å². The van der Waals surface area contributed by atoms with E-state index in [4.69, 9.17) is 10.00 Å². The number of aromatic amines is 1. The van der Waals surface area contributed by atoms with Gasteiger partial charge in [0.25, 0.3) is 0 Å². The normalized spacial score (nSPS) is 10.3. The van der Waals surface area contributed by atoms with E-state index in [0.29, 0.717) is 11.4 Å². The van der Waals surface area contributed by atoms with Crippen molar-refractivity contribution in [1.29, 1.82) is 5.26 Å². The molecular formula is C21H14N4O. The molecule has 0 saturated heterocycles. The van der Waals surface area contributed by atoms with Gasteiger partial charge < -0.3 is 4.74 Å². The molecule has 1 N–H and O–H groups in total. The molecule has 0 aliphatic rings. The Morgan fingerprint density at radius 3 is 2.27 bits per heavy atom. The van der Waals surface area contributed by atoms with Crippen LogP contribution in [0.15, 0.2) is 78.9 Å². The van der Waals surface area contributed by atoms with Gasteiger partial charge in [0.05, 0.1) is 0 Å². The summed E-state index contributed by atoms with van der Waals surface area (Å²) >= 11 is 0. The summed E-state index contributed by atoms with van der Waals surface area (Å²) in [6, 6.07) is 27.5. The first-order valence-corrected chi connectivity index (χ1v) is 8.09. The summed E-state index contributed by atoms with van der Waals surface area (Å²) in [6.45, 7) is 0. The lowest BCUT2D eigenvalue weighted by Gasteiger charge is -2.11. The lowest BCUT2D eigenvalue weighted by atomic mass is 10.0. The van der Waals surface area contributed by atoms with Crippen LogP contribution in [0, 0.1) is 11.3 Å². The average Bonchev–Trinajstić information content (AvgIpc) is 3.18. The van der Waals surface area contributed by atoms with Gasteiger partial charge in [0.2, 0.25) is 0 Å². The molecule has 1 aromatic heterocycles. The first-order chi connectivity index (χ1) is 12.8. The van der Waals surface area contributed by atoms with Gasteiger partial charge in [0.15, 0.2) is 5.69 Å². The van der Waals surface area contributed by atoms with Gasteiger partial charge in [-0.25, -0.2) is 5.10 Å². The van der Waals surface area contributed by atoms with Crippen LogP contribution >= 0.6 is 0 Å². The van der Waals surface area contributed by atoms with E-state index >= 15 is 0 Å². The average molecular weight is 338 g/mol. The largest absolute Gasteiger partial charge is 0.457 e. The molecule has 124 valence electrons. The summed E-state index contributed by atoms with van der Waals surface area (Å²) in [7, 11) is 0. The number of ether oxygens (including phenoxy) is 1. The highest BCUT2D eigenvalue weighted by molar-refractivity contribution is 5.74. The Morgan fingerprint density at radius 1 is 0.808 bits per heavy atom. The van der Waals surface area contributed by atoms with E-state index in [1.807, 2.05) is 78.9 Å². The Hall–Kier alpha value is -3.91. The molecule has 0 spiro atoms. The number of rotatable bonds is 4. The minimum atomic E-state index is 0.352. The van der Waals surface area contributed by atoms with Gasteiger partial charge >= 0.3 is 0 Å². The highest BCUT2D eigenvalue weighted by Crippen LogP contribution is 2.34. The molecule has 0 bridgehead atoms. The van der Waals surface area contributed by atoms with Crippen molar-refractivity contribution in [2.45, 2.75) is 0 Å². The van der Waals surface area contributed by atoms with E-state index in [-0.39, 0.29) is 0 Å². The number of H-pyrrole nitrogens is 1. The predicted octanol–water partition coefficient (Wildman–Crippen LogP) is 4.80. The highest BCUT2D eigenvalue weighted by Gasteiger charge is 2.11. The number of hydrogen-bond acceptors (Lipinski definition) is 4. The molecule has 0 saturated carbocycles. The molecule has 0 aliphatic heterocycles. The van der Waals surface area contributed by atoms with E-state index in [1.54, 1.807) is 0 Å². The second-order valence-corrected chi connectivity index (χ2v) is 5.64. The van der Waals surface area contributed by atoms with Crippen molar-refractivity contribution in [3.05, 3.63) is 84.6 Å². The Labute approximate surface area is 150 Å². The Bertz CT molecular complexity index is 1060. The van der Waals surface area contributed by atoms with E-state index in [9.17, 15) is 0 Å². The Kier molecular flexibility index (Phi) is 4.15. The summed E-state index contributed by atoms with van der Waals surface area (Å²) in [5.41, 5.74) is 3.74. The van der Waals surface area contributed by atoms with Crippen molar-refractivity contribution in [3.63, 3.8) is 0 Å². The van der Waals surface area contributed by atoms with Crippen LogP contribution in [0.1, 0.15) is 5.69 Å². The van der Waals surface area contributed by atoms with Gasteiger partial charge in [-0.3, -0.25) is 0 Å². The second kappa shape index (κ2) is 6.91. The number of para-hydroxylation sites is 2. The molecule has 1 heterocycles. The van der Waals surface area contributed by atoms with Crippen LogP contribution in [-0.2, 0) is 0 Å². The minimum Gasteiger partial charge on any atom is -0.457 e. The van der Waals surface area contributed by atoms with E-state index < -0.39 is 0 Å². The van der Waals surface area contributed by atoms with E-state index in [1.165, 1.54) is 0 Å². The fraction of sp³-hybridized carbons (Fsp3) is 0. The first kappa shape index (κ1) is 15.6. The zero-order chi connectivity index (χ0) is 17.8. The van der Waals surface area contributed by atoms with Crippen molar-refractivity contribution in [2.75, 3.05) is 0 Å². The molecule has 0 amide bonds. The van der Waals surface area contributed by atoms with E-state index in [0.717, 1.165) is 28.2 Å². The number of hydrogen-bond donors (Lipinski definition) is 1. The van der Waals surface area contributed by atoms with Crippen molar-refractivity contribution in [3.8, 4) is 40.0 Å². The third-order valence-electron chi connectivity index (χ3n) is 3.99. The lowest BCUT2D eigenvalue weighted by molar-refractivity contribution is 0.484. The third kappa shape index (κ3) is 3.04. The van der Waals surface area contributed by atoms with Crippen LogP contribution in [0.25, 0.3) is 22.4 Å². The molecule has 0 fully saturated rings. The maximum Gasteiger partial charge on any atom is 0.163 e. The molecule has 0 aliphatic carbocycles. The maximum atomic E-state index is 9.10. The SMILES string of the molecule is N#Cc1[nH]nnc1-c1ccc(-c2ccccc2Oc2ccccc2)cc1. The molecule has 4 rings (SSSR count). The number of nitrogens with zero attached hydrogens (tertiary/aromatic N) is 3. The summed E-state index contributed by atoms with van der Waals surface area (Å²) < 4.78 is 6.03. The first-order valence-electron chi connectivity index (χ1n) is 8.09. The summed E-state index contributed by atoms with van der Waals surface area (Å²) in [6.07, 6.45) is 0. The molecule has 0 radical (unpaired) electrons. The molecule has 3 aromatic carbocycles. The van der Waals surface area contributed by atoms with E-state index in [2.05, 4.69) is 21.5 Å². The van der Waals surface area contributed by atoms with Crippen molar-refractivity contribution in [2.24, 2.45) is 0 Å². The molecule has 5 heteroatoms. The van der Waals surface area contributed by atoms with Crippen LogP contribution in [0.5, 0.6) is 11.5 Å². The monoisotopic (exact) mass is 338 g/mol. The van der Waals surface area contributed by atoms with Crippen LogP contribution in [0.3, 0.4) is 0 Å². The number of aromatic nitrogens is 3. The highest BCUT2D eigenvalue weighted by atomic mass is 16.5. The van der Waals surface area contributed by atoms with Crippen molar-refractivity contribution < 1.29 is 4.74 Å².